The van der Waals surface area contributed by atoms with E-state index in [0.717, 1.165) is 28.7 Å². The predicted molar refractivity (Wildman–Crippen MR) is 147 cm³/mol. The molecule has 178 valence electrons. The Kier molecular flexibility index (Phi) is 6.54. The molecule has 1 saturated heterocycles. The third-order valence-electron chi connectivity index (χ3n) is 7.40. The molecule has 0 bridgehead atoms. The number of carbonyl (C=O) groups excluding carboxylic acids is 1. The maximum Gasteiger partial charge on any atom is 0.223 e. The van der Waals surface area contributed by atoms with Gasteiger partial charge in [-0.15, -0.1) is 0 Å². The quantitative estimate of drug-likeness (QED) is 0.388. The zero-order valence-corrected chi connectivity index (χ0v) is 21.2. The van der Waals surface area contributed by atoms with Crippen LogP contribution in [0.3, 0.4) is 0 Å². The Labute approximate surface area is 215 Å². The van der Waals surface area contributed by atoms with E-state index in [1.54, 1.807) is 0 Å². The molecule has 0 spiro atoms. The second-order valence-corrected chi connectivity index (χ2v) is 9.95. The second kappa shape index (κ2) is 9.93. The van der Waals surface area contributed by atoms with Gasteiger partial charge in [0.05, 0.1) is 6.04 Å². The van der Waals surface area contributed by atoms with E-state index in [2.05, 4.69) is 73.6 Å². The summed E-state index contributed by atoms with van der Waals surface area (Å²) in [6.45, 7) is 6.41. The first kappa shape index (κ1) is 23.7. The molecule has 2 nitrogen and oxygen atoms in total. The molecule has 1 heterocycles. The number of carbonyl (C=O) groups is 1. The van der Waals surface area contributed by atoms with Gasteiger partial charge in [0.1, 0.15) is 5.41 Å². The lowest BCUT2D eigenvalue weighted by molar-refractivity contribution is -0.140. The summed E-state index contributed by atoms with van der Waals surface area (Å²) in [6, 6.07) is 30.8. The zero-order chi connectivity index (χ0) is 25.1. The topological polar surface area (TPSA) is 20.3 Å². The van der Waals surface area contributed by atoms with Crippen LogP contribution in [0, 0.1) is 35.0 Å². The summed E-state index contributed by atoms with van der Waals surface area (Å²) < 4.78 is 0. The standard InChI is InChI=1S/C34H31NO/c1-25(2)35-31(36)20-19-30-33(35)26(3)32(29-17-11-6-12-18-29)34(30,23-21-27-13-7-4-8-14-27)24-22-28-15-9-5-10-16-28/h4-18,25,30,33H,19-20H2,1-3H3. The maximum absolute atomic E-state index is 13.2. The first-order valence-corrected chi connectivity index (χ1v) is 12.8. The number of hydrogen-bond acceptors (Lipinski definition) is 1. The van der Waals surface area contributed by atoms with Crippen LogP contribution >= 0.6 is 0 Å². The SMILES string of the molecule is CC1=C(c2ccccc2)C(C#Cc2ccccc2)(C#Cc2ccccc2)C2CCC(=O)N(C(C)C)C12. The van der Waals surface area contributed by atoms with Gasteiger partial charge in [0.2, 0.25) is 5.91 Å². The molecular weight excluding hydrogens is 438 g/mol. The minimum absolute atomic E-state index is 0.0170. The van der Waals surface area contributed by atoms with Crippen LogP contribution in [0.5, 0.6) is 0 Å². The Morgan fingerprint density at radius 3 is 1.81 bits per heavy atom. The molecule has 3 aromatic rings. The molecule has 1 aliphatic heterocycles. The fourth-order valence-electron chi connectivity index (χ4n) is 5.92. The van der Waals surface area contributed by atoms with Crippen molar-refractivity contribution in [2.24, 2.45) is 11.3 Å². The molecule has 1 aliphatic carbocycles. The van der Waals surface area contributed by atoms with Crippen molar-refractivity contribution in [2.45, 2.75) is 45.7 Å². The van der Waals surface area contributed by atoms with Gasteiger partial charge in [-0.1, -0.05) is 90.4 Å². The second-order valence-electron chi connectivity index (χ2n) is 9.95. The number of nitrogens with zero attached hydrogens (tertiary/aromatic N) is 1. The average Bonchev–Trinajstić information content (AvgIpc) is 3.15. The molecule has 36 heavy (non-hydrogen) atoms. The van der Waals surface area contributed by atoms with E-state index in [1.165, 1.54) is 5.57 Å². The van der Waals surface area contributed by atoms with E-state index >= 15 is 0 Å². The Morgan fingerprint density at radius 1 is 0.806 bits per heavy atom. The number of rotatable bonds is 2. The monoisotopic (exact) mass is 469 g/mol. The van der Waals surface area contributed by atoms with Gasteiger partial charge in [-0.25, -0.2) is 0 Å². The van der Waals surface area contributed by atoms with Gasteiger partial charge in [0.25, 0.3) is 0 Å². The molecular formula is C34H31NO. The van der Waals surface area contributed by atoms with E-state index in [4.69, 9.17) is 0 Å². The lowest BCUT2D eigenvalue weighted by atomic mass is 9.68. The Balaban J connectivity index is 1.79. The molecule has 1 fully saturated rings. The maximum atomic E-state index is 13.2. The average molecular weight is 470 g/mol. The molecule has 3 aromatic carbocycles. The van der Waals surface area contributed by atoms with Crippen molar-refractivity contribution in [1.29, 1.82) is 0 Å². The smallest absolute Gasteiger partial charge is 0.223 e. The summed E-state index contributed by atoms with van der Waals surface area (Å²) in [4.78, 5) is 15.3. The molecule has 0 aromatic heterocycles. The van der Waals surface area contributed by atoms with E-state index in [0.29, 0.717) is 6.42 Å². The predicted octanol–water partition coefficient (Wildman–Crippen LogP) is 6.58. The molecule has 0 saturated carbocycles. The van der Waals surface area contributed by atoms with Crippen LogP contribution < -0.4 is 0 Å². The highest BCUT2D eigenvalue weighted by Crippen LogP contribution is 2.56. The van der Waals surface area contributed by atoms with Crippen LogP contribution in [0.2, 0.25) is 0 Å². The van der Waals surface area contributed by atoms with Crippen LogP contribution in [-0.2, 0) is 4.79 Å². The van der Waals surface area contributed by atoms with Crippen LogP contribution in [0.4, 0.5) is 0 Å². The molecule has 1 amide bonds. The van der Waals surface area contributed by atoms with Crippen LogP contribution in [0.25, 0.3) is 5.57 Å². The summed E-state index contributed by atoms with van der Waals surface area (Å²) >= 11 is 0. The highest BCUT2D eigenvalue weighted by atomic mass is 16.2. The van der Waals surface area contributed by atoms with Gasteiger partial charge in [-0.05, 0) is 68.2 Å². The largest absolute Gasteiger partial charge is 0.333 e. The van der Waals surface area contributed by atoms with Crippen molar-refractivity contribution in [1.82, 2.24) is 4.90 Å². The molecule has 2 atom stereocenters. The number of piperidine rings is 1. The van der Waals surface area contributed by atoms with Crippen molar-refractivity contribution in [2.75, 3.05) is 0 Å². The molecule has 5 rings (SSSR count). The van der Waals surface area contributed by atoms with Gasteiger partial charge in [-0.3, -0.25) is 4.79 Å². The summed E-state index contributed by atoms with van der Waals surface area (Å²) in [5.74, 6) is 14.7. The number of likely N-dealkylation sites (tertiary alicyclic amines) is 1. The Bertz CT molecular complexity index is 1340. The number of allylic oxidation sites excluding steroid dienone is 1. The van der Waals surface area contributed by atoms with Crippen molar-refractivity contribution >= 4 is 11.5 Å². The number of amides is 1. The number of hydrogen-bond donors (Lipinski definition) is 0. The normalized spacial score (nSPS) is 20.3. The van der Waals surface area contributed by atoms with Gasteiger partial charge < -0.3 is 4.90 Å². The van der Waals surface area contributed by atoms with Crippen LogP contribution in [0.1, 0.15) is 50.3 Å². The van der Waals surface area contributed by atoms with E-state index < -0.39 is 5.41 Å². The van der Waals surface area contributed by atoms with E-state index in [-0.39, 0.29) is 23.9 Å². The third-order valence-corrected chi connectivity index (χ3v) is 7.40. The Morgan fingerprint density at radius 2 is 1.31 bits per heavy atom. The van der Waals surface area contributed by atoms with Gasteiger partial charge in [0.15, 0.2) is 0 Å². The van der Waals surface area contributed by atoms with Crippen molar-refractivity contribution in [3.8, 4) is 23.7 Å². The summed E-state index contributed by atoms with van der Waals surface area (Å²) in [7, 11) is 0. The molecule has 2 unspecified atom stereocenters. The summed E-state index contributed by atoms with van der Waals surface area (Å²) in [5, 5.41) is 0. The zero-order valence-electron chi connectivity index (χ0n) is 21.2. The summed E-state index contributed by atoms with van der Waals surface area (Å²) in [6.07, 6.45) is 1.30. The third kappa shape index (κ3) is 4.25. The molecule has 2 aliphatic rings. The van der Waals surface area contributed by atoms with Crippen molar-refractivity contribution in [3.63, 3.8) is 0 Å². The Hall–Kier alpha value is -4.01. The van der Waals surface area contributed by atoms with Crippen molar-refractivity contribution < 1.29 is 4.79 Å². The lowest BCUT2D eigenvalue weighted by Crippen LogP contribution is -2.53. The molecule has 0 N–H and O–H groups in total. The highest BCUT2D eigenvalue weighted by molar-refractivity contribution is 5.87. The van der Waals surface area contributed by atoms with Crippen molar-refractivity contribution in [3.05, 3.63) is 113 Å². The van der Waals surface area contributed by atoms with E-state index in [1.807, 2.05) is 66.7 Å². The number of benzene rings is 3. The first-order valence-electron chi connectivity index (χ1n) is 12.8. The van der Waals surface area contributed by atoms with Gasteiger partial charge in [0, 0.05) is 29.5 Å². The van der Waals surface area contributed by atoms with E-state index in [9.17, 15) is 4.79 Å². The minimum Gasteiger partial charge on any atom is -0.333 e. The fraction of sp³-hybridized carbons (Fsp3) is 0.265. The van der Waals surface area contributed by atoms with Gasteiger partial charge in [-0.2, -0.15) is 0 Å². The van der Waals surface area contributed by atoms with Crippen LogP contribution in [-0.4, -0.2) is 22.9 Å². The minimum atomic E-state index is -0.699. The number of fused-ring (bicyclic) bond motifs is 1. The van der Waals surface area contributed by atoms with Gasteiger partial charge >= 0.3 is 0 Å². The first-order chi connectivity index (χ1) is 17.5. The fourth-order valence-corrected chi connectivity index (χ4v) is 5.92. The van der Waals surface area contributed by atoms with Crippen LogP contribution in [0.15, 0.2) is 96.6 Å². The molecule has 2 heteroatoms. The molecule has 0 radical (unpaired) electrons. The lowest BCUT2D eigenvalue weighted by Gasteiger charge is -2.44. The summed E-state index contributed by atoms with van der Waals surface area (Å²) in [5.41, 5.74) is 4.74. The highest BCUT2D eigenvalue weighted by Gasteiger charge is 2.56.